The average Bonchev–Trinajstić information content (AvgIpc) is 2.81. The molecule has 32 heavy (non-hydrogen) atoms. The third kappa shape index (κ3) is 4.17. The van der Waals surface area contributed by atoms with Crippen molar-refractivity contribution in [3.63, 3.8) is 0 Å². The van der Waals surface area contributed by atoms with Crippen molar-refractivity contribution in [2.24, 2.45) is 0 Å². The topological polar surface area (TPSA) is 76.7 Å². The highest BCUT2D eigenvalue weighted by Gasteiger charge is 2.35. The zero-order valence-electron chi connectivity index (χ0n) is 18.3. The number of aldehydes is 1. The molecule has 6 nitrogen and oxygen atoms in total. The SMILES string of the molecule is COc1cccc(-c2ccc3c(c2COC(=O)c2ccccc2)NC(C=O)C(C)(C)N3)c1. The predicted molar refractivity (Wildman–Crippen MR) is 125 cm³/mol. The molecule has 1 aliphatic rings. The Bertz CT molecular complexity index is 1140. The smallest absolute Gasteiger partial charge is 0.338 e. The van der Waals surface area contributed by atoms with Crippen LogP contribution in [0, 0.1) is 0 Å². The lowest BCUT2D eigenvalue weighted by Crippen LogP contribution is -2.52. The van der Waals surface area contributed by atoms with Gasteiger partial charge in [-0.3, -0.25) is 0 Å². The molecule has 4 rings (SSSR count). The Morgan fingerprint density at radius 3 is 2.56 bits per heavy atom. The van der Waals surface area contributed by atoms with Crippen LogP contribution in [0.2, 0.25) is 0 Å². The average molecular weight is 431 g/mol. The molecule has 0 spiro atoms. The summed E-state index contributed by atoms with van der Waals surface area (Å²) in [6.07, 6.45) is 0.897. The van der Waals surface area contributed by atoms with Crippen LogP contribution < -0.4 is 15.4 Å². The summed E-state index contributed by atoms with van der Waals surface area (Å²) < 4.78 is 11.1. The van der Waals surface area contributed by atoms with Crippen LogP contribution in [0.15, 0.2) is 66.7 Å². The van der Waals surface area contributed by atoms with E-state index in [4.69, 9.17) is 9.47 Å². The maximum atomic E-state index is 12.6. The Morgan fingerprint density at radius 2 is 1.84 bits per heavy atom. The lowest BCUT2D eigenvalue weighted by Gasteiger charge is -2.40. The first kappa shape index (κ1) is 21.4. The first-order valence-corrected chi connectivity index (χ1v) is 10.5. The summed E-state index contributed by atoms with van der Waals surface area (Å²) in [6.45, 7) is 3.98. The van der Waals surface area contributed by atoms with Crippen molar-refractivity contribution >= 4 is 23.6 Å². The highest BCUT2D eigenvalue weighted by Crippen LogP contribution is 2.41. The molecule has 0 amide bonds. The number of benzene rings is 3. The summed E-state index contributed by atoms with van der Waals surface area (Å²) >= 11 is 0. The number of esters is 1. The molecule has 6 heteroatoms. The number of carbonyl (C=O) groups is 2. The van der Waals surface area contributed by atoms with Crippen LogP contribution in [0.5, 0.6) is 5.75 Å². The Labute approximate surface area is 187 Å². The zero-order chi connectivity index (χ0) is 22.7. The van der Waals surface area contributed by atoms with Crippen LogP contribution in [-0.2, 0) is 16.1 Å². The van der Waals surface area contributed by atoms with Crippen molar-refractivity contribution in [2.75, 3.05) is 17.7 Å². The van der Waals surface area contributed by atoms with Crippen molar-refractivity contribution < 1.29 is 19.1 Å². The molecule has 0 bridgehead atoms. The molecule has 2 N–H and O–H groups in total. The molecule has 1 unspecified atom stereocenters. The number of methoxy groups -OCH3 is 1. The van der Waals surface area contributed by atoms with E-state index in [-0.39, 0.29) is 6.61 Å². The lowest BCUT2D eigenvalue weighted by molar-refractivity contribution is -0.109. The third-order valence-electron chi connectivity index (χ3n) is 5.72. The molecule has 0 radical (unpaired) electrons. The summed E-state index contributed by atoms with van der Waals surface area (Å²) in [5, 5.41) is 6.79. The third-order valence-corrected chi connectivity index (χ3v) is 5.72. The molecule has 164 valence electrons. The molecule has 0 saturated heterocycles. The van der Waals surface area contributed by atoms with Gasteiger partial charge >= 0.3 is 5.97 Å². The van der Waals surface area contributed by atoms with Crippen molar-refractivity contribution in [3.8, 4) is 16.9 Å². The minimum absolute atomic E-state index is 0.0458. The second-order valence-electron chi connectivity index (χ2n) is 8.29. The number of hydrogen-bond acceptors (Lipinski definition) is 6. The number of ether oxygens (including phenoxy) is 2. The van der Waals surface area contributed by atoms with Gasteiger partial charge in [0.15, 0.2) is 0 Å². The molecule has 1 atom stereocenters. The number of anilines is 2. The van der Waals surface area contributed by atoms with Crippen LogP contribution in [0.25, 0.3) is 11.1 Å². The summed E-state index contributed by atoms with van der Waals surface area (Å²) in [7, 11) is 1.62. The van der Waals surface area contributed by atoms with E-state index in [9.17, 15) is 9.59 Å². The Morgan fingerprint density at radius 1 is 1.06 bits per heavy atom. The van der Waals surface area contributed by atoms with Gasteiger partial charge in [0.25, 0.3) is 0 Å². The first-order valence-electron chi connectivity index (χ1n) is 10.5. The van der Waals surface area contributed by atoms with Gasteiger partial charge in [-0.1, -0.05) is 36.4 Å². The van der Waals surface area contributed by atoms with Gasteiger partial charge in [-0.05, 0) is 55.3 Å². The van der Waals surface area contributed by atoms with E-state index in [2.05, 4.69) is 10.6 Å². The van der Waals surface area contributed by atoms with Gasteiger partial charge in [0.2, 0.25) is 0 Å². The fourth-order valence-electron chi connectivity index (χ4n) is 3.89. The molecular weight excluding hydrogens is 404 g/mol. The van der Waals surface area contributed by atoms with Gasteiger partial charge in [-0.25, -0.2) is 4.79 Å². The summed E-state index contributed by atoms with van der Waals surface area (Å²) in [6, 6.07) is 20.1. The van der Waals surface area contributed by atoms with Gasteiger partial charge in [0, 0.05) is 5.56 Å². The highest BCUT2D eigenvalue weighted by molar-refractivity contribution is 5.91. The van der Waals surface area contributed by atoms with Crippen LogP contribution >= 0.6 is 0 Å². The van der Waals surface area contributed by atoms with Gasteiger partial charge < -0.3 is 24.9 Å². The van der Waals surface area contributed by atoms with Crippen LogP contribution in [0.3, 0.4) is 0 Å². The Kier molecular flexibility index (Phi) is 5.86. The van der Waals surface area contributed by atoms with E-state index in [0.29, 0.717) is 5.56 Å². The molecule has 1 heterocycles. The Balaban J connectivity index is 1.77. The Hall–Kier alpha value is -3.80. The minimum Gasteiger partial charge on any atom is -0.497 e. The maximum Gasteiger partial charge on any atom is 0.338 e. The number of carbonyl (C=O) groups excluding carboxylic acids is 2. The van der Waals surface area contributed by atoms with Crippen molar-refractivity contribution in [1.29, 1.82) is 0 Å². The molecule has 0 saturated carbocycles. The van der Waals surface area contributed by atoms with E-state index in [0.717, 1.165) is 40.1 Å². The number of hydrogen-bond donors (Lipinski definition) is 2. The molecule has 3 aromatic rings. The highest BCUT2D eigenvalue weighted by atomic mass is 16.5. The quantitative estimate of drug-likeness (QED) is 0.428. The van der Waals surface area contributed by atoms with Gasteiger partial charge in [0.1, 0.15) is 24.7 Å². The molecule has 1 aliphatic heterocycles. The van der Waals surface area contributed by atoms with E-state index < -0.39 is 17.6 Å². The predicted octanol–water partition coefficient (Wildman–Crippen LogP) is 4.90. The normalized spacial score (nSPS) is 16.2. The fraction of sp³-hybridized carbons (Fsp3) is 0.231. The second kappa shape index (κ2) is 8.75. The molecular formula is C26H26N2O4. The second-order valence-corrected chi connectivity index (χ2v) is 8.29. The van der Waals surface area contributed by atoms with Crippen molar-refractivity contribution in [3.05, 3.63) is 77.9 Å². The van der Waals surface area contributed by atoms with Gasteiger partial charge in [-0.2, -0.15) is 0 Å². The summed E-state index contributed by atoms with van der Waals surface area (Å²) in [5.41, 5.74) is 4.22. The summed E-state index contributed by atoms with van der Waals surface area (Å²) in [5.74, 6) is 0.321. The minimum atomic E-state index is -0.468. The standard InChI is InChI=1S/C26H26N2O4/c1-26(2)23(15-29)27-24-21(16-32-25(30)17-8-5-4-6-9-17)20(12-13-22(24)28-26)18-10-7-11-19(14-18)31-3/h4-15,23,27-28H,16H2,1-3H3. The molecule has 3 aromatic carbocycles. The first-order chi connectivity index (χ1) is 15.4. The van der Waals surface area contributed by atoms with E-state index in [1.807, 2.05) is 56.3 Å². The van der Waals surface area contributed by atoms with Crippen LogP contribution in [0.1, 0.15) is 29.8 Å². The molecule has 0 fully saturated rings. The van der Waals surface area contributed by atoms with E-state index >= 15 is 0 Å². The van der Waals surface area contributed by atoms with Gasteiger partial charge in [0.05, 0.1) is 29.6 Å². The zero-order valence-corrected chi connectivity index (χ0v) is 18.3. The lowest BCUT2D eigenvalue weighted by atomic mass is 9.89. The number of fused-ring (bicyclic) bond motifs is 1. The van der Waals surface area contributed by atoms with Crippen molar-refractivity contribution in [2.45, 2.75) is 32.0 Å². The maximum absolute atomic E-state index is 12.6. The number of rotatable bonds is 6. The van der Waals surface area contributed by atoms with E-state index in [1.165, 1.54) is 0 Å². The van der Waals surface area contributed by atoms with Crippen molar-refractivity contribution in [1.82, 2.24) is 0 Å². The van der Waals surface area contributed by atoms with Crippen LogP contribution in [0.4, 0.5) is 11.4 Å². The van der Waals surface area contributed by atoms with Gasteiger partial charge in [-0.15, -0.1) is 0 Å². The largest absolute Gasteiger partial charge is 0.497 e. The van der Waals surface area contributed by atoms with E-state index in [1.54, 1.807) is 31.4 Å². The monoisotopic (exact) mass is 430 g/mol. The molecule has 0 aliphatic carbocycles. The fourth-order valence-corrected chi connectivity index (χ4v) is 3.89. The molecule has 0 aromatic heterocycles. The number of nitrogens with one attached hydrogen (secondary N) is 2. The summed E-state index contributed by atoms with van der Waals surface area (Å²) in [4.78, 5) is 24.4. The van der Waals surface area contributed by atoms with Crippen LogP contribution in [-0.4, -0.2) is 30.9 Å².